The highest BCUT2D eigenvalue weighted by atomic mass is 15.3. The maximum absolute atomic E-state index is 4.47. The lowest BCUT2D eigenvalue weighted by Crippen LogP contribution is -2.47. The van der Waals surface area contributed by atoms with Crippen LogP contribution in [0.25, 0.3) is 0 Å². The van der Waals surface area contributed by atoms with Crippen LogP contribution in [0.15, 0.2) is 12.4 Å². The van der Waals surface area contributed by atoms with E-state index in [1.807, 2.05) is 19.3 Å². The molecule has 4 heteroatoms. The lowest BCUT2D eigenvalue weighted by atomic mass is 10.0. The van der Waals surface area contributed by atoms with E-state index in [4.69, 9.17) is 0 Å². The van der Waals surface area contributed by atoms with Gasteiger partial charge in [-0.3, -0.25) is 0 Å². The van der Waals surface area contributed by atoms with Gasteiger partial charge in [-0.05, 0) is 31.7 Å². The first kappa shape index (κ1) is 13.3. The molecule has 1 aliphatic heterocycles. The Hall–Kier alpha value is -1.16. The Kier molecular flexibility index (Phi) is 4.53. The first-order valence-electron chi connectivity index (χ1n) is 6.95. The van der Waals surface area contributed by atoms with Crippen molar-refractivity contribution in [2.45, 2.75) is 52.1 Å². The van der Waals surface area contributed by atoms with E-state index in [0.29, 0.717) is 12.1 Å². The molecule has 18 heavy (non-hydrogen) atoms. The third-order valence-electron chi connectivity index (χ3n) is 3.41. The Morgan fingerprint density at radius 2 is 2.06 bits per heavy atom. The van der Waals surface area contributed by atoms with Crippen molar-refractivity contribution in [1.82, 2.24) is 15.3 Å². The normalized spacial score (nSPS) is 20.4. The summed E-state index contributed by atoms with van der Waals surface area (Å²) in [4.78, 5) is 11.3. The molecule has 1 aromatic rings. The van der Waals surface area contributed by atoms with Crippen molar-refractivity contribution in [2.24, 2.45) is 0 Å². The highest BCUT2D eigenvalue weighted by Crippen LogP contribution is 2.21. The summed E-state index contributed by atoms with van der Waals surface area (Å²) in [7, 11) is 0. The first-order chi connectivity index (χ1) is 8.66. The summed E-state index contributed by atoms with van der Waals surface area (Å²) in [6, 6.07) is 1.07. The number of aromatic nitrogens is 2. The van der Waals surface area contributed by atoms with Gasteiger partial charge in [0.05, 0.1) is 0 Å². The molecule has 0 bridgehead atoms. The zero-order valence-electron chi connectivity index (χ0n) is 11.7. The van der Waals surface area contributed by atoms with Gasteiger partial charge in [0, 0.05) is 37.6 Å². The average molecular weight is 248 g/mol. The second-order valence-electron chi connectivity index (χ2n) is 5.47. The number of aryl methyl sites for hydroxylation is 1. The molecule has 1 aromatic heterocycles. The van der Waals surface area contributed by atoms with E-state index in [2.05, 4.69) is 34.0 Å². The summed E-state index contributed by atoms with van der Waals surface area (Å²) >= 11 is 0. The van der Waals surface area contributed by atoms with Gasteiger partial charge in [-0.2, -0.15) is 0 Å². The molecule has 0 amide bonds. The fourth-order valence-electron chi connectivity index (χ4n) is 2.38. The number of hydrogen-bond acceptors (Lipinski definition) is 4. The third kappa shape index (κ3) is 3.42. The number of hydrogen-bond donors (Lipinski definition) is 1. The van der Waals surface area contributed by atoms with E-state index < -0.39 is 0 Å². The van der Waals surface area contributed by atoms with Gasteiger partial charge in [0.1, 0.15) is 0 Å². The Morgan fingerprint density at radius 3 is 2.72 bits per heavy atom. The molecule has 1 aliphatic rings. The van der Waals surface area contributed by atoms with Gasteiger partial charge in [-0.1, -0.05) is 13.8 Å². The molecule has 0 aliphatic carbocycles. The smallest absolute Gasteiger partial charge is 0.225 e. The monoisotopic (exact) mass is 248 g/mol. The molecule has 1 fully saturated rings. The maximum Gasteiger partial charge on any atom is 0.225 e. The Morgan fingerprint density at radius 1 is 1.33 bits per heavy atom. The van der Waals surface area contributed by atoms with Crippen LogP contribution < -0.4 is 10.2 Å². The van der Waals surface area contributed by atoms with Crippen LogP contribution >= 0.6 is 0 Å². The SMILES string of the molecule is Cc1cnc(N2CCCCC2CNC(C)C)nc1. The average Bonchev–Trinajstić information content (AvgIpc) is 2.38. The summed E-state index contributed by atoms with van der Waals surface area (Å²) in [5, 5.41) is 3.53. The van der Waals surface area contributed by atoms with E-state index in [9.17, 15) is 0 Å². The zero-order valence-corrected chi connectivity index (χ0v) is 11.7. The van der Waals surface area contributed by atoms with E-state index in [1.165, 1.54) is 19.3 Å². The van der Waals surface area contributed by atoms with Gasteiger partial charge >= 0.3 is 0 Å². The molecule has 0 aromatic carbocycles. The van der Waals surface area contributed by atoms with Gasteiger partial charge in [0.25, 0.3) is 0 Å². The van der Waals surface area contributed by atoms with Gasteiger partial charge in [-0.25, -0.2) is 9.97 Å². The minimum Gasteiger partial charge on any atom is -0.337 e. The second kappa shape index (κ2) is 6.14. The molecule has 0 radical (unpaired) electrons. The predicted octanol–water partition coefficient (Wildman–Crippen LogP) is 2.14. The van der Waals surface area contributed by atoms with Crippen molar-refractivity contribution in [2.75, 3.05) is 18.0 Å². The number of anilines is 1. The van der Waals surface area contributed by atoms with Crippen LogP contribution in [0.2, 0.25) is 0 Å². The summed E-state index contributed by atoms with van der Waals surface area (Å²) < 4.78 is 0. The maximum atomic E-state index is 4.47. The molecule has 1 atom stereocenters. The molecule has 100 valence electrons. The van der Waals surface area contributed by atoms with E-state index in [0.717, 1.165) is 24.6 Å². The Labute approximate surface area is 110 Å². The number of nitrogens with one attached hydrogen (secondary N) is 1. The number of nitrogens with zero attached hydrogens (tertiary/aromatic N) is 3. The summed E-state index contributed by atoms with van der Waals surface area (Å²) in [6.07, 6.45) is 7.60. The van der Waals surface area contributed by atoms with Crippen molar-refractivity contribution in [1.29, 1.82) is 0 Å². The first-order valence-corrected chi connectivity index (χ1v) is 6.95. The quantitative estimate of drug-likeness (QED) is 0.886. The van der Waals surface area contributed by atoms with E-state index in [1.54, 1.807) is 0 Å². The minimum atomic E-state index is 0.531. The fourth-order valence-corrected chi connectivity index (χ4v) is 2.38. The van der Waals surface area contributed by atoms with Crippen LogP contribution in [-0.4, -0.2) is 35.1 Å². The molecule has 1 unspecified atom stereocenters. The summed E-state index contributed by atoms with van der Waals surface area (Å²) in [5.74, 6) is 0.885. The lowest BCUT2D eigenvalue weighted by Gasteiger charge is -2.36. The third-order valence-corrected chi connectivity index (χ3v) is 3.41. The van der Waals surface area contributed by atoms with Gasteiger partial charge in [0.2, 0.25) is 5.95 Å². The predicted molar refractivity (Wildman–Crippen MR) is 74.9 cm³/mol. The van der Waals surface area contributed by atoms with Gasteiger partial charge < -0.3 is 10.2 Å². The molecule has 4 nitrogen and oxygen atoms in total. The standard InChI is InChI=1S/C14H24N4/c1-11(2)15-10-13-6-4-5-7-18(13)14-16-8-12(3)9-17-14/h8-9,11,13,15H,4-7,10H2,1-3H3. The topological polar surface area (TPSA) is 41.1 Å². The van der Waals surface area contributed by atoms with Crippen molar-refractivity contribution in [3.8, 4) is 0 Å². The van der Waals surface area contributed by atoms with E-state index in [-0.39, 0.29) is 0 Å². The number of piperidine rings is 1. The molecular weight excluding hydrogens is 224 g/mol. The van der Waals surface area contributed by atoms with Gasteiger partial charge in [0.15, 0.2) is 0 Å². The van der Waals surface area contributed by atoms with Gasteiger partial charge in [-0.15, -0.1) is 0 Å². The van der Waals surface area contributed by atoms with Crippen LogP contribution in [0.5, 0.6) is 0 Å². The summed E-state index contributed by atoms with van der Waals surface area (Å²) in [6.45, 7) is 8.51. The molecule has 2 heterocycles. The van der Waals surface area contributed by atoms with Crippen molar-refractivity contribution >= 4 is 5.95 Å². The van der Waals surface area contributed by atoms with Crippen molar-refractivity contribution < 1.29 is 0 Å². The molecule has 1 saturated heterocycles. The van der Waals surface area contributed by atoms with Crippen LogP contribution in [0.3, 0.4) is 0 Å². The van der Waals surface area contributed by atoms with Crippen LogP contribution in [0.1, 0.15) is 38.7 Å². The molecule has 0 spiro atoms. The lowest BCUT2D eigenvalue weighted by molar-refractivity contribution is 0.416. The Bertz CT molecular complexity index is 361. The molecular formula is C14H24N4. The highest BCUT2D eigenvalue weighted by molar-refractivity contribution is 5.32. The van der Waals surface area contributed by atoms with Crippen LogP contribution in [-0.2, 0) is 0 Å². The highest BCUT2D eigenvalue weighted by Gasteiger charge is 2.24. The van der Waals surface area contributed by atoms with Crippen LogP contribution in [0, 0.1) is 6.92 Å². The minimum absolute atomic E-state index is 0.531. The fraction of sp³-hybridized carbons (Fsp3) is 0.714. The molecule has 1 N–H and O–H groups in total. The number of rotatable bonds is 4. The van der Waals surface area contributed by atoms with Crippen molar-refractivity contribution in [3.63, 3.8) is 0 Å². The van der Waals surface area contributed by atoms with Crippen LogP contribution in [0.4, 0.5) is 5.95 Å². The molecule has 0 saturated carbocycles. The zero-order chi connectivity index (χ0) is 13.0. The van der Waals surface area contributed by atoms with Crippen molar-refractivity contribution in [3.05, 3.63) is 18.0 Å². The van der Waals surface area contributed by atoms with E-state index >= 15 is 0 Å². The second-order valence-corrected chi connectivity index (χ2v) is 5.47. The molecule has 2 rings (SSSR count). The largest absolute Gasteiger partial charge is 0.337 e. The Balaban J connectivity index is 2.05. The summed E-state index contributed by atoms with van der Waals surface area (Å²) in [5.41, 5.74) is 1.12.